The highest BCUT2D eigenvalue weighted by molar-refractivity contribution is 6.31. The van der Waals surface area contributed by atoms with Crippen LogP contribution in [0.15, 0.2) is 18.2 Å². The summed E-state index contributed by atoms with van der Waals surface area (Å²) in [6, 6.07) is 4.03. The molecule has 4 nitrogen and oxygen atoms in total. The van der Waals surface area contributed by atoms with Crippen LogP contribution in [0.2, 0.25) is 5.02 Å². The minimum Gasteiger partial charge on any atom is -0.392 e. The number of nitrogens with zero attached hydrogens (tertiary/aromatic N) is 1. The van der Waals surface area contributed by atoms with Crippen LogP contribution in [0.4, 0.5) is 10.1 Å². The fraction of sp³-hybridized carbons (Fsp3) is 0.417. The molecule has 1 amide bonds. The Balaban J connectivity index is 1.89. The lowest BCUT2D eigenvalue weighted by molar-refractivity contribution is -0.117. The number of hydrogen-bond donors (Lipinski definition) is 2. The zero-order valence-electron chi connectivity index (χ0n) is 9.70. The van der Waals surface area contributed by atoms with Gasteiger partial charge in [0.2, 0.25) is 5.91 Å². The fourth-order valence-corrected chi connectivity index (χ4v) is 2.11. The third-order valence-electron chi connectivity index (χ3n) is 2.82. The molecule has 1 aliphatic rings. The number of aliphatic hydroxyl groups excluding tert-OH is 1. The Bertz CT molecular complexity index is 456. The van der Waals surface area contributed by atoms with Crippen molar-refractivity contribution in [1.82, 2.24) is 4.90 Å². The van der Waals surface area contributed by atoms with Crippen LogP contribution < -0.4 is 5.32 Å². The van der Waals surface area contributed by atoms with E-state index in [9.17, 15) is 14.3 Å². The van der Waals surface area contributed by atoms with E-state index in [4.69, 9.17) is 11.6 Å². The van der Waals surface area contributed by atoms with Gasteiger partial charge in [0.05, 0.1) is 17.7 Å². The van der Waals surface area contributed by atoms with Crippen molar-refractivity contribution in [2.45, 2.75) is 12.5 Å². The molecule has 0 bridgehead atoms. The molecule has 18 heavy (non-hydrogen) atoms. The lowest BCUT2D eigenvalue weighted by atomic mass is 10.3. The monoisotopic (exact) mass is 272 g/mol. The second kappa shape index (κ2) is 5.65. The van der Waals surface area contributed by atoms with Gasteiger partial charge in [-0.1, -0.05) is 11.6 Å². The number of halogens is 2. The summed E-state index contributed by atoms with van der Waals surface area (Å²) in [5.41, 5.74) is 0.464. The number of carbonyl (C=O) groups excluding carboxylic acids is 1. The van der Waals surface area contributed by atoms with E-state index in [2.05, 4.69) is 5.32 Å². The third-order valence-corrected chi connectivity index (χ3v) is 3.11. The van der Waals surface area contributed by atoms with Crippen molar-refractivity contribution >= 4 is 23.2 Å². The summed E-state index contributed by atoms with van der Waals surface area (Å²) < 4.78 is 12.9. The number of likely N-dealkylation sites (tertiary alicyclic amines) is 1. The van der Waals surface area contributed by atoms with Crippen molar-refractivity contribution in [3.05, 3.63) is 29.0 Å². The van der Waals surface area contributed by atoms with Gasteiger partial charge in [-0.2, -0.15) is 0 Å². The highest BCUT2D eigenvalue weighted by atomic mass is 35.5. The number of hydrogen-bond acceptors (Lipinski definition) is 3. The van der Waals surface area contributed by atoms with Gasteiger partial charge >= 0.3 is 0 Å². The third kappa shape index (κ3) is 3.41. The van der Waals surface area contributed by atoms with E-state index in [-0.39, 0.29) is 23.6 Å². The van der Waals surface area contributed by atoms with E-state index in [0.29, 0.717) is 25.2 Å². The van der Waals surface area contributed by atoms with Crippen LogP contribution in [0.3, 0.4) is 0 Å². The molecular weight excluding hydrogens is 259 g/mol. The minimum atomic E-state index is -0.516. The first-order valence-electron chi connectivity index (χ1n) is 5.70. The predicted molar refractivity (Wildman–Crippen MR) is 67.1 cm³/mol. The Hall–Kier alpha value is -1.17. The lowest BCUT2D eigenvalue weighted by Crippen LogP contribution is -2.32. The van der Waals surface area contributed by atoms with Crippen LogP contribution in [-0.4, -0.2) is 41.7 Å². The smallest absolute Gasteiger partial charge is 0.238 e. The normalized spacial score (nSPS) is 20.1. The van der Waals surface area contributed by atoms with Crippen molar-refractivity contribution in [2.24, 2.45) is 0 Å². The van der Waals surface area contributed by atoms with Crippen LogP contribution in [0, 0.1) is 5.82 Å². The van der Waals surface area contributed by atoms with E-state index in [0.717, 1.165) is 0 Å². The van der Waals surface area contributed by atoms with E-state index >= 15 is 0 Å². The summed E-state index contributed by atoms with van der Waals surface area (Å²) in [7, 11) is 0. The molecule has 2 rings (SSSR count). The molecule has 0 aromatic heterocycles. The average Bonchev–Trinajstić information content (AvgIpc) is 2.69. The number of rotatable bonds is 3. The first kappa shape index (κ1) is 13.3. The van der Waals surface area contributed by atoms with E-state index in [1.807, 2.05) is 4.90 Å². The fourth-order valence-electron chi connectivity index (χ4n) is 1.93. The highest BCUT2D eigenvalue weighted by Crippen LogP contribution is 2.19. The van der Waals surface area contributed by atoms with Crippen LogP contribution in [0.1, 0.15) is 6.42 Å². The van der Waals surface area contributed by atoms with Crippen LogP contribution >= 0.6 is 11.6 Å². The molecule has 0 radical (unpaired) electrons. The molecule has 1 aromatic rings. The van der Waals surface area contributed by atoms with Gasteiger partial charge < -0.3 is 10.4 Å². The van der Waals surface area contributed by atoms with Gasteiger partial charge in [0.15, 0.2) is 0 Å². The van der Waals surface area contributed by atoms with Crippen molar-refractivity contribution in [2.75, 3.05) is 25.0 Å². The van der Waals surface area contributed by atoms with Gasteiger partial charge in [0.1, 0.15) is 5.82 Å². The van der Waals surface area contributed by atoms with Crippen LogP contribution in [-0.2, 0) is 4.79 Å². The molecule has 0 aliphatic carbocycles. The maximum absolute atomic E-state index is 12.9. The van der Waals surface area contributed by atoms with E-state index < -0.39 is 5.82 Å². The maximum atomic E-state index is 12.9. The molecule has 2 N–H and O–H groups in total. The summed E-state index contributed by atoms with van der Waals surface area (Å²) in [5.74, 6) is -0.718. The van der Waals surface area contributed by atoms with Gasteiger partial charge in [-0.25, -0.2) is 4.39 Å². The van der Waals surface area contributed by atoms with Crippen LogP contribution in [0.25, 0.3) is 0 Å². The molecule has 1 atom stereocenters. The van der Waals surface area contributed by atoms with Crippen molar-refractivity contribution < 1.29 is 14.3 Å². The maximum Gasteiger partial charge on any atom is 0.238 e. The summed E-state index contributed by atoms with van der Waals surface area (Å²) >= 11 is 5.62. The lowest BCUT2D eigenvalue weighted by Gasteiger charge is -2.14. The minimum absolute atomic E-state index is 0.0237. The number of carbonyl (C=O) groups is 1. The molecule has 0 saturated carbocycles. The van der Waals surface area contributed by atoms with E-state index in [1.165, 1.54) is 18.2 Å². The van der Waals surface area contributed by atoms with Crippen molar-refractivity contribution in [3.63, 3.8) is 0 Å². The summed E-state index contributed by atoms with van der Waals surface area (Å²) in [6.45, 7) is 1.43. The number of aliphatic hydroxyl groups is 1. The van der Waals surface area contributed by atoms with Crippen LogP contribution in [0.5, 0.6) is 0 Å². The Morgan fingerprint density at radius 1 is 1.61 bits per heavy atom. The molecule has 1 fully saturated rings. The van der Waals surface area contributed by atoms with Gasteiger partial charge in [0.25, 0.3) is 0 Å². The summed E-state index contributed by atoms with van der Waals surface area (Å²) in [4.78, 5) is 13.6. The molecule has 0 unspecified atom stereocenters. The summed E-state index contributed by atoms with van der Waals surface area (Å²) in [5, 5.41) is 12.0. The zero-order chi connectivity index (χ0) is 13.1. The number of benzene rings is 1. The zero-order valence-corrected chi connectivity index (χ0v) is 10.5. The summed E-state index contributed by atoms with van der Waals surface area (Å²) in [6.07, 6.45) is 0.341. The standard InChI is InChI=1S/C12H14ClFN2O2/c13-10-5-8(1-2-11(10)14)15-12(18)7-16-4-3-9(17)6-16/h1-2,5,9,17H,3-4,6-7H2,(H,15,18)/t9-/m1/s1. The molecule has 1 aliphatic heterocycles. The predicted octanol–water partition coefficient (Wildman–Crippen LogP) is 1.48. The molecule has 6 heteroatoms. The van der Waals surface area contributed by atoms with Crippen molar-refractivity contribution in [3.8, 4) is 0 Å². The Labute approximate surface area is 109 Å². The SMILES string of the molecule is O=C(CN1CC[C@@H](O)C1)Nc1ccc(F)c(Cl)c1. The Morgan fingerprint density at radius 2 is 2.39 bits per heavy atom. The second-order valence-corrected chi connectivity index (χ2v) is 4.76. The molecule has 1 saturated heterocycles. The van der Waals surface area contributed by atoms with Crippen molar-refractivity contribution in [1.29, 1.82) is 0 Å². The molecule has 1 aromatic carbocycles. The number of anilines is 1. The quantitative estimate of drug-likeness (QED) is 0.876. The molecular formula is C12H14ClFN2O2. The number of amides is 1. The number of nitrogens with one attached hydrogen (secondary N) is 1. The van der Waals surface area contributed by atoms with Gasteiger partial charge in [0, 0.05) is 18.8 Å². The molecule has 98 valence electrons. The molecule has 0 spiro atoms. The Kier molecular flexibility index (Phi) is 4.16. The number of β-amino-alcohol motifs (C(OH)–C–C–N with tert-alkyl or cyclic N) is 1. The first-order valence-corrected chi connectivity index (χ1v) is 6.08. The Morgan fingerprint density at radius 3 is 3.00 bits per heavy atom. The largest absolute Gasteiger partial charge is 0.392 e. The van der Waals surface area contributed by atoms with Gasteiger partial charge in [-0.15, -0.1) is 0 Å². The van der Waals surface area contributed by atoms with E-state index in [1.54, 1.807) is 0 Å². The second-order valence-electron chi connectivity index (χ2n) is 4.35. The average molecular weight is 273 g/mol. The molecule has 1 heterocycles. The highest BCUT2D eigenvalue weighted by Gasteiger charge is 2.21. The topological polar surface area (TPSA) is 52.6 Å². The van der Waals surface area contributed by atoms with Gasteiger partial charge in [-0.3, -0.25) is 9.69 Å². The van der Waals surface area contributed by atoms with Gasteiger partial charge in [-0.05, 0) is 24.6 Å². The first-order chi connectivity index (χ1) is 8.54.